The smallest absolute Gasteiger partial charge is 0.139 e. The average Bonchev–Trinajstić information content (AvgIpc) is 2.93. The molecule has 4 aliphatic rings. The van der Waals surface area contributed by atoms with Gasteiger partial charge in [-0.1, -0.05) is 34.1 Å². The lowest BCUT2D eigenvalue weighted by atomic mass is 9.42. The number of carbonyl (C=O) groups excluding carboxylic acids is 1. The fourth-order valence-corrected chi connectivity index (χ4v) is 8.41. The normalized spacial score (nSPS) is 55.4. The number of aliphatic hydroxyl groups excluding tert-OH is 1. The Balaban J connectivity index is 1.73. The predicted octanol–water partition coefficient (Wildman–Crippen LogP) is 5.23. The van der Waals surface area contributed by atoms with Crippen molar-refractivity contribution in [2.24, 2.45) is 46.3 Å². The van der Waals surface area contributed by atoms with E-state index in [1.807, 2.05) is 0 Å². The summed E-state index contributed by atoms with van der Waals surface area (Å²) in [6.07, 6.45) is 10.2. The van der Waals surface area contributed by atoms with Gasteiger partial charge in [0.2, 0.25) is 0 Å². The highest BCUT2D eigenvalue weighted by molar-refractivity contribution is 5.86. The second kappa shape index (κ2) is 6.08. The van der Waals surface area contributed by atoms with Gasteiger partial charge in [-0.05, 0) is 85.9 Å². The van der Waals surface area contributed by atoms with Gasteiger partial charge in [0.25, 0.3) is 0 Å². The summed E-state index contributed by atoms with van der Waals surface area (Å²) in [5.74, 6) is 3.56. The minimum Gasteiger partial charge on any atom is -0.393 e. The van der Waals surface area contributed by atoms with E-state index in [4.69, 9.17) is 0 Å². The van der Waals surface area contributed by atoms with Crippen LogP contribution in [-0.2, 0) is 4.79 Å². The second-order valence-corrected chi connectivity index (χ2v) is 10.4. The van der Waals surface area contributed by atoms with Crippen molar-refractivity contribution in [3.05, 3.63) is 0 Å². The maximum atomic E-state index is 13.7. The van der Waals surface area contributed by atoms with E-state index in [0.29, 0.717) is 34.9 Å². The molecule has 0 heterocycles. The van der Waals surface area contributed by atoms with Crippen LogP contribution in [0.4, 0.5) is 0 Å². The zero-order chi connectivity index (χ0) is 18.0. The maximum absolute atomic E-state index is 13.7. The van der Waals surface area contributed by atoms with Gasteiger partial charge in [-0.2, -0.15) is 0 Å². The molecule has 0 spiro atoms. The quantitative estimate of drug-likeness (QED) is 0.743. The van der Waals surface area contributed by atoms with E-state index in [2.05, 4.69) is 27.7 Å². The molecule has 0 aromatic heterocycles. The zero-order valence-corrected chi connectivity index (χ0v) is 16.8. The molecule has 4 rings (SSSR count). The molecule has 2 heteroatoms. The van der Waals surface area contributed by atoms with Gasteiger partial charge in [0.05, 0.1) is 6.10 Å². The second-order valence-electron chi connectivity index (χ2n) is 10.4. The Morgan fingerprint density at radius 2 is 1.60 bits per heavy atom. The van der Waals surface area contributed by atoms with Crippen molar-refractivity contribution >= 4 is 5.78 Å². The number of hydrogen-bond donors (Lipinski definition) is 1. The third-order valence-electron chi connectivity index (χ3n) is 9.82. The van der Waals surface area contributed by atoms with Crippen LogP contribution in [0.1, 0.15) is 85.5 Å². The molecule has 25 heavy (non-hydrogen) atoms. The van der Waals surface area contributed by atoms with Crippen molar-refractivity contribution in [3.8, 4) is 0 Å². The average molecular weight is 347 g/mol. The first-order valence-electron chi connectivity index (χ1n) is 11.1. The molecule has 0 aromatic rings. The van der Waals surface area contributed by atoms with Crippen LogP contribution in [0.25, 0.3) is 0 Å². The first kappa shape index (κ1) is 18.0. The SMILES string of the molecule is CC[C@H]1CCC2C3C(=O)[C@H](CC)C4C[C@H](O)CC[C@]4(C)C3CC[C@@]21C. The Hall–Kier alpha value is -0.370. The molecule has 4 aliphatic carbocycles. The van der Waals surface area contributed by atoms with Crippen LogP contribution in [0.3, 0.4) is 0 Å². The molecule has 9 atom stereocenters. The number of Topliss-reactive ketones (excluding diaryl/α,β-unsaturated/α-hetero) is 1. The van der Waals surface area contributed by atoms with Crippen molar-refractivity contribution in [1.29, 1.82) is 0 Å². The van der Waals surface area contributed by atoms with E-state index >= 15 is 0 Å². The number of aliphatic hydroxyl groups is 1. The van der Waals surface area contributed by atoms with Gasteiger partial charge in [0.15, 0.2) is 0 Å². The molecule has 0 bridgehead atoms. The molecule has 0 amide bonds. The van der Waals surface area contributed by atoms with Crippen LogP contribution in [0.15, 0.2) is 0 Å². The highest BCUT2D eigenvalue weighted by Crippen LogP contribution is 2.68. The Morgan fingerprint density at radius 1 is 0.920 bits per heavy atom. The van der Waals surface area contributed by atoms with Crippen LogP contribution in [-0.4, -0.2) is 17.0 Å². The molecule has 1 N–H and O–H groups in total. The van der Waals surface area contributed by atoms with Crippen LogP contribution in [0.5, 0.6) is 0 Å². The number of hydrogen-bond acceptors (Lipinski definition) is 2. The molecule has 0 radical (unpaired) electrons. The van der Waals surface area contributed by atoms with E-state index in [0.717, 1.165) is 31.6 Å². The van der Waals surface area contributed by atoms with E-state index in [-0.39, 0.29) is 17.4 Å². The minimum atomic E-state index is -0.179. The zero-order valence-electron chi connectivity index (χ0n) is 16.8. The van der Waals surface area contributed by atoms with Gasteiger partial charge >= 0.3 is 0 Å². The fourth-order valence-electron chi connectivity index (χ4n) is 8.41. The Bertz CT molecular complexity index is 542. The summed E-state index contributed by atoms with van der Waals surface area (Å²) >= 11 is 0. The topological polar surface area (TPSA) is 37.3 Å². The summed E-state index contributed by atoms with van der Waals surface area (Å²) < 4.78 is 0. The third-order valence-corrected chi connectivity index (χ3v) is 9.82. The highest BCUT2D eigenvalue weighted by Gasteiger charge is 2.64. The van der Waals surface area contributed by atoms with Crippen molar-refractivity contribution < 1.29 is 9.90 Å². The Kier molecular flexibility index (Phi) is 4.38. The molecule has 142 valence electrons. The van der Waals surface area contributed by atoms with E-state index in [1.165, 1.54) is 32.1 Å². The number of rotatable bonds is 2. The van der Waals surface area contributed by atoms with Gasteiger partial charge in [0, 0.05) is 11.8 Å². The third kappa shape index (κ3) is 2.35. The molecule has 4 unspecified atom stereocenters. The van der Waals surface area contributed by atoms with Crippen LogP contribution < -0.4 is 0 Å². The Morgan fingerprint density at radius 3 is 2.28 bits per heavy atom. The van der Waals surface area contributed by atoms with E-state index < -0.39 is 0 Å². The van der Waals surface area contributed by atoms with Crippen LogP contribution >= 0.6 is 0 Å². The molecular formula is C23H38O2. The van der Waals surface area contributed by atoms with Gasteiger partial charge in [-0.15, -0.1) is 0 Å². The summed E-state index contributed by atoms with van der Waals surface area (Å²) in [4.78, 5) is 13.7. The molecule has 0 aliphatic heterocycles. The molecule has 0 saturated heterocycles. The summed E-state index contributed by atoms with van der Waals surface area (Å²) in [6, 6.07) is 0. The van der Waals surface area contributed by atoms with Gasteiger partial charge in [-0.3, -0.25) is 4.79 Å². The lowest BCUT2D eigenvalue weighted by molar-refractivity contribution is -0.172. The molecule has 2 nitrogen and oxygen atoms in total. The first-order valence-corrected chi connectivity index (χ1v) is 11.1. The van der Waals surface area contributed by atoms with E-state index in [9.17, 15) is 9.90 Å². The van der Waals surface area contributed by atoms with Crippen molar-refractivity contribution in [2.45, 2.75) is 91.6 Å². The summed E-state index contributed by atoms with van der Waals surface area (Å²) in [5, 5.41) is 10.3. The van der Waals surface area contributed by atoms with Crippen molar-refractivity contribution in [3.63, 3.8) is 0 Å². The predicted molar refractivity (Wildman–Crippen MR) is 101 cm³/mol. The summed E-state index contributed by atoms with van der Waals surface area (Å²) in [5.41, 5.74) is 0.686. The monoisotopic (exact) mass is 346 g/mol. The molecule has 0 aromatic carbocycles. The summed E-state index contributed by atoms with van der Waals surface area (Å²) in [7, 11) is 0. The van der Waals surface area contributed by atoms with Crippen molar-refractivity contribution in [2.75, 3.05) is 0 Å². The highest BCUT2D eigenvalue weighted by atomic mass is 16.3. The minimum absolute atomic E-state index is 0.179. The number of carbonyl (C=O) groups is 1. The molecule has 4 saturated carbocycles. The van der Waals surface area contributed by atoms with Gasteiger partial charge in [0.1, 0.15) is 5.78 Å². The molecule has 4 fully saturated rings. The maximum Gasteiger partial charge on any atom is 0.139 e. The first-order chi connectivity index (χ1) is 11.9. The lowest BCUT2D eigenvalue weighted by Crippen LogP contribution is -2.60. The lowest BCUT2D eigenvalue weighted by Gasteiger charge is -2.62. The standard InChI is InChI=1S/C23H38O2/c1-5-14-7-8-17-20-18(10-12-22(14,17)3)23(4)11-9-15(24)13-19(23)16(6-2)21(20)25/h14-20,24H,5-13H2,1-4H3/t14-,15+,16+,17?,18?,19?,20?,22+,23+/m0/s1. The molecular weight excluding hydrogens is 308 g/mol. The van der Waals surface area contributed by atoms with Crippen molar-refractivity contribution in [1.82, 2.24) is 0 Å². The van der Waals surface area contributed by atoms with Gasteiger partial charge in [-0.25, -0.2) is 0 Å². The van der Waals surface area contributed by atoms with E-state index in [1.54, 1.807) is 0 Å². The van der Waals surface area contributed by atoms with Crippen LogP contribution in [0, 0.1) is 46.3 Å². The summed E-state index contributed by atoms with van der Waals surface area (Å²) in [6.45, 7) is 9.56. The number of fused-ring (bicyclic) bond motifs is 5. The number of ketones is 1. The van der Waals surface area contributed by atoms with Crippen LogP contribution in [0.2, 0.25) is 0 Å². The van der Waals surface area contributed by atoms with Gasteiger partial charge < -0.3 is 5.11 Å². The Labute approximate surface area is 154 Å². The fraction of sp³-hybridized carbons (Fsp3) is 0.957. The largest absolute Gasteiger partial charge is 0.393 e.